The molecule has 0 spiro atoms. The number of nitrogens with zero attached hydrogens (tertiary/aromatic N) is 3. The van der Waals surface area contributed by atoms with Gasteiger partial charge in [-0.25, -0.2) is 0 Å². The molecule has 1 unspecified atom stereocenters. The zero-order chi connectivity index (χ0) is 18.4. The molecule has 1 aliphatic heterocycles. The van der Waals surface area contributed by atoms with E-state index in [1.165, 1.54) is 5.69 Å². The summed E-state index contributed by atoms with van der Waals surface area (Å²) in [5.41, 5.74) is 2.97. The van der Waals surface area contributed by atoms with Gasteiger partial charge in [0, 0.05) is 37.2 Å². The van der Waals surface area contributed by atoms with Crippen molar-refractivity contribution in [1.29, 1.82) is 5.26 Å². The zero-order valence-electron chi connectivity index (χ0n) is 14.7. The molecule has 1 aliphatic rings. The van der Waals surface area contributed by atoms with Crippen molar-refractivity contribution in [2.24, 2.45) is 4.99 Å². The second kappa shape index (κ2) is 8.72. The molecule has 0 bridgehead atoms. The van der Waals surface area contributed by atoms with Gasteiger partial charge in [0.05, 0.1) is 17.3 Å². The van der Waals surface area contributed by atoms with Gasteiger partial charge in [0.25, 0.3) is 0 Å². The number of nitrogens with one attached hydrogen (secondary N) is 2. The molecule has 1 atom stereocenters. The Morgan fingerprint density at radius 3 is 2.92 bits per heavy atom. The quantitative estimate of drug-likeness (QED) is 0.598. The maximum absolute atomic E-state index is 9.00. The predicted octanol–water partition coefficient (Wildman–Crippen LogP) is 3.26. The van der Waals surface area contributed by atoms with E-state index >= 15 is 0 Å². The highest BCUT2D eigenvalue weighted by Crippen LogP contribution is 2.28. The molecule has 26 heavy (non-hydrogen) atoms. The molecule has 3 rings (SSSR count). The van der Waals surface area contributed by atoms with E-state index in [0.717, 1.165) is 35.5 Å². The Balaban J connectivity index is 1.54. The molecule has 6 heteroatoms. The summed E-state index contributed by atoms with van der Waals surface area (Å²) in [7, 11) is 1.78. The Labute approximate surface area is 162 Å². The van der Waals surface area contributed by atoms with Gasteiger partial charge in [0.15, 0.2) is 5.96 Å². The van der Waals surface area contributed by atoms with E-state index in [4.69, 9.17) is 5.26 Å². The minimum absolute atomic E-state index is 0.346. The fourth-order valence-electron chi connectivity index (χ4n) is 3.13. The fraction of sp³-hybridized carbons (Fsp3) is 0.300. The normalized spacial score (nSPS) is 17.0. The van der Waals surface area contributed by atoms with Gasteiger partial charge in [0.2, 0.25) is 0 Å². The van der Waals surface area contributed by atoms with Gasteiger partial charge in [-0.3, -0.25) is 4.99 Å². The summed E-state index contributed by atoms with van der Waals surface area (Å²) in [5.74, 6) is 0.784. The number of benzene rings is 2. The standard InChI is InChI=1S/C20H22BrN5/c1-23-20(24-13-16-6-4-5-15(11-16)12-22)25-17-9-10-26(14-17)19-8-3-2-7-18(19)21/h2-8,11,17H,9-10,13-14H2,1H3,(H2,23,24,25). The van der Waals surface area contributed by atoms with Crippen LogP contribution in [0.2, 0.25) is 0 Å². The first-order valence-electron chi connectivity index (χ1n) is 8.65. The van der Waals surface area contributed by atoms with Crippen LogP contribution in [0.25, 0.3) is 0 Å². The largest absolute Gasteiger partial charge is 0.368 e. The summed E-state index contributed by atoms with van der Waals surface area (Å²) in [4.78, 5) is 6.71. The summed E-state index contributed by atoms with van der Waals surface area (Å²) in [5, 5.41) is 15.8. The van der Waals surface area contributed by atoms with Gasteiger partial charge in [-0.2, -0.15) is 5.26 Å². The van der Waals surface area contributed by atoms with E-state index in [0.29, 0.717) is 18.2 Å². The molecule has 2 aromatic rings. The van der Waals surface area contributed by atoms with Gasteiger partial charge in [-0.05, 0) is 52.2 Å². The molecule has 1 heterocycles. The number of hydrogen-bond acceptors (Lipinski definition) is 3. The van der Waals surface area contributed by atoms with Gasteiger partial charge >= 0.3 is 0 Å². The third-order valence-corrected chi connectivity index (χ3v) is 5.13. The minimum Gasteiger partial charge on any atom is -0.368 e. The van der Waals surface area contributed by atoms with Crippen LogP contribution in [0.1, 0.15) is 17.5 Å². The number of hydrogen-bond donors (Lipinski definition) is 2. The molecule has 0 radical (unpaired) electrons. The highest BCUT2D eigenvalue weighted by atomic mass is 79.9. The van der Waals surface area contributed by atoms with Crippen molar-refractivity contribution in [3.05, 3.63) is 64.1 Å². The fourth-order valence-corrected chi connectivity index (χ4v) is 3.67. The smallest absolute Gasteiger partial charge is 0.191 e. The Morgan fingerprint density at radius 2 is 2.15 bits per heavy atom. The van der Waals surface area contributed by atoms with Crippen LogP contribution in [0.3, 0.4) is 0 Å². The minimum atomic E-state index is 0.346. The molecule has 134 valence electrons. The zero-order valence-corrected chi connectivity index (χ0v) is 16.3. The maximum atomic E-state index is 9.00. The van der Waals surface area contributed by atoms with Crippen molar-refractivity contribution < 1.29 is 0 Å². The monoisotopic (exact) mass is 411 g/mol. The lowest BCUT2D eigenvalue weighted by Gasteiger charge is -2.21. The third kappa shape index (κ3) is 4.55. The van der Waals surface area contributed by atoms with Gasteiger partial charge in [0.1, 0.15) is 0 Å². The third-order valence-electron chi connectivity index (χ3n) is 4.46. The number of anilines is 1. The van der Waals surface area contributed by atoms with Crippen LogP contribution in [-0.2, 0) is 6.54 Å². The van der Waals surface area contributed by atoms with Crippen LogP contribution in [-0.4, -0.2) is 32.1 Å². The molecule has 5 nitrogen and oxygen atoms in total. The summed E-state index contributed by atoms with van der Waals surface area (Å²) in [6.45, 7) is 2.59. The molecule has 0 aliphatic carbocycles. The highest BCUT2D eigenvalue weighted by molar-refractivity contribution is 9.10. The first-order valence-corrected chi connectivity index (χ1v) is 9.44. The number of halogens is 1. The maximum Gasteiger partial charge on any atom is 0.191 e. The molecule has 1 saturated heterocycles. The number of rotatable bonds is 4. The molecule has 2 aromatic carbocycles. The average Bonchev–Trinajstić information content (AvgIpc) is 3.14. The van der Waals surface area contributed by atoms with Crippen molar-refractivity contribution in [2.45, 2.75) is 19.0 Å². The lowest BCUT2D eigenvalue weighted by atomic mass is 10.1. The van der Waals surface area contributed by atoms with Crippen molar-refractivity contribution in [3.8, 4) is 6.07 Å². The molecule has 1 fully saturated rings. The van der Waals surface area contributed by atoms with Crippen LogP contribution in [0.5, 0.6) is 0 Å². The van der Waals surface area contributed by atoms with E-state index in [1.54, 1.807) is 7.05 Å². The molecular weight excluding hydrogens is 390 g/mol. The average molecular weight is 412 g/mol. The van der Waals surface area contributed by atoms with E-state index in [1.807, 2.05) is 30.3 Å². The van der Waals surface area contributed by atoms with Crippen molar-refractivity contribution in [1.82, 2.24) is 10.6 Å². The Hall–Kier alpha value is -2.52. The van der Waals surface area contributed by atoms with E-state index in [9.17, 15) is 0 Å². The first-order chi connectivity index (χ1) is 12.7. The molecule has 0 aromatic heterocycles. The first kappa shape index (κ1) is 18.3. The molecule has 2 N–H and O–H groups in total. The topological polar surface area (TPSA) is 63.5 Å². The summed E-state index contributed by atoms with van der Waals surface area (Å²) in [6.07, 6.45) is 1.06. The molecule has 0 saturated carbocycles. The van der Waals surface area contributed by atoms with Gasteiger partial charge < -0.3 is 15.5 Å². The number of guanidine groups is 1. The predicted molar refractivity (Wildman–Crippen MR) is 109 cm³/mol. The van der Waals surface area contributed by atoms with Crippen molar-refractivity contribution in [3.63, 3.8) is 0 Å². The summed E-state index contributed by atoms with van der Waals surface area (Å²) < 4.78 is 1.13. The SMILES string of the molecule is CN=C(NCc1cccc(C#N)c1)NC1CCN(c2ccccc2Br)C1. The van der Waals surface area contributed by atoms with Crippen LogP contribution in [0, 0.1) is 11.3 Å². The van der Waals surface area contributed by atoms with Crippen LogP contribution < -0.4 is 15.5 Å². The van der Waals surface area contributed by atoms with E-state index in [2.05, 4.69) is 60.7 Å². The second-order valence-corrected chi connectivity index (χ2v) is 7.12. The van der Waals surface area contributed by atoms with Gasteiger partial charge in [-0.15, -0.1) is 0 Å². The Morgan fingerprint density at radius 1 is 1.31 bits per heavy atom. The molecular formula is C20H22BrN5. The lowest BCUT2D eigenvalue weighted by molar-refractivity contribution is 0.648. The van der Waals surface area contributed by atoms with Crippen LogP contribution >= 0.6 is 15.9 Å². The molecule has 0 amide bonds. The van der Waals surface area contributed by atoms with Crippen molar-refractivity contribution >= 4 is 27.6 Å². The lowest BCUT2D eigenvalue weighted by Crippen LogP contribution is -2.44. The van der Waals surface area contributed by atoms with Gasteiger partial charge in [-0.1, -0.05) is 24.3 Å². The number of para-hydroxylation sites is 1. The van der Waals surface area contributed by atoms with Crippen LogP contribution in [0.15, 0.2) is 58.0 Å². The van der Waals surface area contributed by atoms with Crippen LogP contribution in [0.4, 0.5) is 5.69 Å². The Kier molecular flexibility index (Phi) is 6.13. The number of aliphatic imine (C=N–C) groups is 1. The highest BCUT2D eigenvalue weighted by Gasteiger charge is 2.24. The van der Waals surface area contributed by atoms with Crippen molar-refractivity contribution in [2.75, 3.05) is 25.0 Å². The second-order valence-electron chi connectivity index (χ2n) is 6.27. The Bertz CT molecular complexity index is 827. The van der Waals surface area contributed by atoms with E-state index in [-0.39, 0.29) is 0 Å². The summed E-state index contributed by atoms with van der Waals surface area (Å²) >= 11 is 3.63. The summed E-state index contributed by atoms with van der Waals surface area (Å²) in [6, 6.07) is 18.4. The number of nitriles is 1. The van der Waals surface area contributed by atoms with E-state index < -0.39 is 0 Å².